The Kier molecular flexibility index (Phi) is 5.19. The van der Waals surface area contributed by atoms with E-state index in [4.69, 9.17) is 14.9 Å². The molecular weight excluding hydrogens is 470 g/mol. The van der Waals surface area contributed by atoms with E-state index in [-0.39, 0.29) is 18.2 Å². The third-order valence-corrected chi connectivity index (χ3v) is 7.54. The van der Waals surface area contributed by atoms with Gasteiger partial charge in [-0.25, -0.2) is 0 Å². The van der Waals surface area contributed by atoms with Gasteiger partial charge in [0.25, 0.3) is 5.91 Å². The number of ether oxygens (including phenoxy) is 2. The highest BCUT2D eigenvalue weighted by Crippen LogP contribution is 2.35. The summed E-state index contributed by atoms with van der Waals surface area (Å²) in [6.07, 6.45) is 3.75. The van der Waals surface area contributed by atoms with Gasteiger partial charge in [0.05, 0.1) is 5.57 Å². The van der Waals surface area contributed by atoms with Gasteiger partial charge in [0.15, 0.2) is 21.7 Å². The quantitative estimate of drug-likeness (QED) is 0.532. The van der Waals surface area contributed by atoms with Gasteiger partial charge in [0, 0.05) is 29.2 Å². The van der Waals surface area contributed by atoms with Crippen molar-refractivity contribution in [2.45, 2.75) is 13.5 Å². The van der Waals surface area contributed by atoms with Crippen LogP contribution in [-0.4, -0.2) is 43.4 Å². The highest BCUT2D eigenvalue weighted by Gasteiger charge is 2.35. The topological polar surface area (TPSA) is 92.3 Å². The summed E-state index contributed by atoms with van der Waals surface area (Å²) in [5.74, 6) is 1.98. The third-order valence-electron chi connectivity index (χ3n) is 5.61. The normalized spacial score (nSPS) is 18.0. The van der Waals surface area contributed by atoms with Crippen molar-refractivity contribution in [1.82, 2.24) is 9.58 Å². The second-order valence-corrected chi connectivity index (χ2v) is 10.2. The zero-order chi connectivity index (χ0) is 23.2. The summed E-state index contributed by atoms with van der Waals surface area (Å²) in [6, 6.07) is 13.9. The second kappa shape index (κ2) is 8.37. The fourth-order valence-electron chi connectivity index (χ4n) is 4.07. The van der Waals surface area contributed by atoms with Crippen molar-refractivity contribution < 1.29 is 14.3 Å². The van der Waals surface area contributed by atoms with E-state index in [0.29, 0.717) is 11.7 Å². The second-order valence-electron chi connectivity index (χ2n) is 7.74. The molecule has 3 aliphatic rings. The van der Waals surface area contributed by atoms with Crippen molar-refractivity contribution in [3.05, 3.63) is 65.4 Å². The number of benzene rings is 2. The fraction of sp³-hybridized carbons (Fsp3) is 0.167. The van der Waals surface area contributed by atoms with Crippen LogP contribution in [0.15, 0.2) is 64.3 Å². The van der Waals surface area contributed by atoms with E-state index in [1.54, 1.807) is 17.8 Å². The van der Waals surface area contributed by atoms with Crippen LogP contribution in [0.1, 0.15) is 18.1 Å². The lowest BCUT2D eigenvalue weighted by Gasteiger charge is -2.20. The number of rotatable bonds is 4. The van der Waals surface area contributed by atoms with Gasteiger partial charge in [-0.1, -0.05) is 43.0 Å². The molecule has 34 heavy (non-hydrogen) atoms. The average Bonchev–Trinajstić information content (AvgIpc) is 3.54. The first-order valence-corrected chi connectivity index (χ1v) is 12.5. The van der Waals surface area contributed by atoms with Crippen LogP contribution in [-0.2, 0) is 11.3 Å². The monoisotopic (exact) mass is 489 g/mol. The Morgan fingerprint density at radius 1 is 1.21 bits per heavy atom. The lowest BCUT2D eigenvalue weighted by atomic mass is 10.1. The summed E-state index contributed by atoms with van der Waals surface area (Å²) in [7, 11) is 0. The summed E-state index contributed by atoms with van der Waals surface area (Å²) in [4.78, 5) is 17.0. The van der Waals surface area contributed by atoms with E-state index >= 15 is 0 Å². The van der Waals surface area contributed by atoms with Crippen LogP contribution in [0.2, 0.25) is 0 Å². The van der Waals surface area contributed by atoms with Gasteiger partial charge in [-0.05, 0) is 47.4 Å². The van der Waals surface area contributed by atoms with E-state index < -0.39 is 5.91 Å². The number of carbonyl (C=O) groups is 1. The molecule has 0 saturated heterocycles. The van der Waals surface area contributed by atoms with Crippen molar-refractivity contribution >= 4 is 61.8 Å². The standard InChI is InChI=1S/C24H19N5O3S2/c1-2-33-24-27-29-21(25)17(22(30)26-23(29)34-24)10-15-12-28(18-6-4-3-5-16(15)18)11-14-7-8-19-20(9-14)32-13-31-19/h3-10,12,25H,2,11,13H2,1H3/b17-10-,25-21?. The van der Waals surface area contributed by atoms with Crippen molar-refractivity contribution in [3.8, 4) is 11.5 Å². The number of fused-ring (bicyclic) bond motifs is 3. The third kappa shape index (κ3) is 3.59. The number of amidine groups is 2. The number of nitrogens with one attached hydrogen (secondary N) is 1. The molecule has 3 aromatic rings. The number of aromatic nitrogens is 1. The summed E-state index contributed by atoms with van der Waals surface area (Å²) in [6.45, 7) is 2.90. The maximum atomic E-state index is 12.8. The van der Waals surface area contributed by atoms with Crippen molar-refractivity contribution in [3.63, 3.8) is 0 Å². The van der Waals surface area contributed by atoms with Crippen molar-refractivity contribution in [2.75, 3.05) is 12.5 Å². The highest BCUT2D eigenvalue weighted by molar-refractivity contribution is 8.45. The van der Waals surface area contributed by atoms with E-state index in [9.17, 15) is 4.79 Å². The number of nitrogens with zero attached hydrogens (tertiary/aromatic N) is 4. The van der Waals surface area contributed by atoms with Crippen LogP contribution >= 0.6 is 23.5 Å². The number of amides is 1. The molecule has 1 amide bonds. The van der Waals surface area contributed by atoms with E-state index in [1.807, 2.05) is 55.6 Å². The average molecular weight is 490 g/mol. The lowest BCUT2D eigenvalue weighted by molar-refractivity contribution is -0.114. The Labute approximate surface area is 203 Å². The summed E-state index contributed by atoms with van der Waals surface area (Å²) < 4.78 is 13.9. The first-order chi connectivity index (χ1) is 16.6. The minimum atomic E-state index is -0.422. The highest BCUT2D eigenvalue weighted by atomic mass is 32.2. The Balaban J connectivity index is 1.37. The molecule has 0 radical (unpaired) electrons. The maximum absolute atomic E-state index is 12.8. The molecule has 8 nitrogen and oxygen atoms in total. The SMILES string of the molecule is CCSC1=NN2C(=N)/C(=C/c3cn(Cc4ccc5c(c4)OCO5)c4ccccc34)C(=O)N=C2S1. The molecule has 0 aliphatic carbocycles. The minimum absolute atomic E-state index is 0.0433. The smallest absolute Gasteiger partial charge is 0.283 e. The molecule has 4 heterocycles. The molecule has 0 atom stereocenters. The van der Waals surface area contributed by atoms with Gasteiger partial charge in [0.1, 0.15) is 0 Å². The number of carbonyl (C=O) groups excluding carboxylic acids is 1. The Bertz CT molecular complexity index is 1460. The Hall–Kier alpha value is -3.50. The maximum Gasteiger partial charge on any atom is 0.283 e. The lowest BCUT2D eigenvalue weighted by Crippen LogP contribution is -2.35. The molecule has 0 spiro atoms. The van der Waals surface area contributed by atoms with Crippen LogP contribution in [0.4, 0.5) is 0 Å². The molecule has 0 unspecified atom stereocenters. The number of aliphatic imine (C=N–C) groups is 1. The zero-order valence-corrected chi connectivity index (χ0v) is 19.8. The van der Waals surface area contributed by atoms with Crippen LogP contribution < -0.4 is 9.47 Å². The molecule has 170 valence electrons. The molecule has 2 aromatic carbocycles. The summed E-state index contributed by atoms with van der Waals surface area (Å²) in [5, 5.41) is 16.0. The number of thioether (sulfide) groups is 2. The van der Waals surface area contributed by atoms with E-state index in [0.717, 1.165) is 43.7 Å². The molecule has 0 bridgehead atoms. The molecule has 0 fully saturated rings. The van der Waals surface area contributed by atoms with Crippen LogP contribution in [0.5, 0.6) is 11.5 Å². The van der Waals surface area contributed by atoms with E-state index in [2.05, 4.69) is 14.7 Å². The summed E-state index contributed by atoms with van der Waals surface area (Å²) in [5.41, 5.74) is 3.18. The predicted molar refractivity (Wildman–Crippen MR) is 137 cm³/mol. The Morgan fingerprint density at radius 2 is 2.06 bits per heavy atom. The minimum Gasteiger partial charge on any atom is -0.454 e. The van der Waals surface area contributed by atoms with Crippen LogP contribution in [0.3, 0.4) is 0 Å². The van der Waals surface area contributed by atoms with Gasteiger partial charge < -0.3 is 14.0 Å². The molecule has 0 saturated carbocycles. The van der Waals surface area contributed by atoms with Crippen LogP contribution in [0, 0.1) is 5.41 Å². The number of para-hydroxylation sites is 1. The molecule has 1 N–H and O–H groups in total. The fourth-order valence-corrected chi connectivity index (χ4v) is 5.89. The molecular formula is C24H19N5O3S2. The molecule has 1 aromatic heterocycles. The predicted octanol–water partition coefficient (Wildman–Crippen LogP) is 4.75. The van der Waals surface area contributed by atoms with Crippen molar-refractivity contribution in [2.24, 2.45) is 10.1 Å². The van der Waals surface area contributed by atoms with Crippen LogP contribution in [0.25, 0.3) is 17.0 Å². The largest absolute Gasteiger partial charge is 0.454 e. The zero-order valence-electron chi connectivity index (χ0n) is 18.1. The first-order valence-electron chi connectivity index (χ1n) is 10.7. The first kappa shape index (κ1) is 21.1. The number of hydrogen-bond acceptors (Lipinski definition) is 7. The van der Waals surface area contributed by atoms with Gasteiger partial charge in [-0.2, -0.15) is 10.0 Å². The van der Waals surface area contributed by atoms with Gasteiger partial charge in [0.2, 0.25) is 12.0 Å². The Morgan fingerprint density at radius 3 is 2.94 bits per heavy atom. The van der Waals surface area contributed by atoms with Gasteiger partial charge in [-0.15, -0.1) is 5.10 Å². The molecule has 3 aliphatic heterocycles. The number of hydrogen-bond donors (Lipinski definition) is 1. The number of hydrazone groups is 1. The van der Waals surface area contributed by atoms with Gasteiger partial charge >= 0.3 is 0 Å². The summed E-state index contributed by atoms with van der Waals surface area (Å²) >= 11 is 2.90. The van der Waals surface area contributed by atoms with E-state index in [1.165, 1.54) is 16.8 Å². The molecule has 10 heteroatoms. The van der Waals surface area contributed by atoms with Crippen molar-refractivity contribution in [1.29, 1.82) is 5.41 Å². The molecule has 6 rings (SSSR count). The van der Waals surface area contributed by atoms with Gasteiger partial charge in [-0.3, -0.25) is 10.2 Å².